The molecule has 1 aliphatic rings. The standard InChI is InChI=1S/C28H31N7O3/c1-19(36)29-12-13-30-26-21-18-22(31-27(21)33-25(32-26)20-8-4-3-5-9-20)28(37)35-16-14-34(15-17-35)23-10-6-7-11-24(23)38-2/h3-11,18H,12-17H2,1-2H3,(H,29,36)(H2,30,31,32,33). The second-order valence-electron chi connectivity index (χ2n) is 9.07. The van der Waals surface area contributed by atoms with Crippen LogP contribution in [0.2, 0.25) is 0 Å². The monoisotopic (exact) mass is 513 g/mol. The molecule has 0 spiro atoms. The number of nitrogens with zero attached hydrogens (tertiary/aromatic N) is 4. The number of methoxy groups -OCH3 is 1. The lowest BCUT2D eigenvalue weighted by molar-refractivity contribution is -0.118. The van der Waals surface area contributed by atoms with Gasteiger partial charge in [-0.1, -0.05) is 42.5 Å². The lowest BCUT2D eigenvalue weighted by Crippen LogP contribution is -2.49. The van der Waals surface area contributed by atoms with Crippen LogP contribution in [-0.2, 0) is 4.79 Å². The van der Waals surface area contributed by atoms with Crippen LogP contribution in [0.25, 0.3) is 22.4 Å². The number of carbonyl (C=O) groups excluding carboxylic acids is 2. The first-order chi connectivity index (χ1) is 18.5. The smallest absolute Gasteiger partial charge is 0.270 e. The third kappa shape index (κ3) is 5.39. The van der Waals surface area contributed by atoms with Crippen LogP contribution in [0.4, 0.5) is 11.5 Å². The third-order valence-corrected chi connectivity index (χ3v) is 6.53. The Morgan fingerprint density at radius 3 is 2.45 bits per heavy atom. The fourth-order valence-corrected chi connectivity index (χ4v) is 4.61. The minimum Gasteiger partial charge on any atom is -0.495 e. The molecule has 2 amide bonds. The number of piperazine rings is 1. The lowest BCUT2D eigenvalue weighted by Gasteiger charge is -2.36. The second-order valence-corrected chi connectivity index (χ2v) is 9.07. The molecule has 196 valence electrons. The quantitative estimate of drug-likeness (QED) is 0.310. The van der Waals surface area contributed by atoms with Crippen molar-refractivity contribution in [3.05, 3.63) is 66.4 Å². The number of aromatic amines is 1. The number of aromatic nitrogens is 3. The van der Waals surface area contributed by atoms with Gasteiger partial charge in [-0.3, -0.25) is 9.59 Å². The molecule has 3 heterocycles. The molecule has 0 atom stereocenters. The summed E-state index contributed by atoms with van der Waals surface area (Å²) in [6.45, 7) is 5.02. The molecular weight excluding hydrogens is 482 g/mol. The summed E-state index contributed by atoms with van der Waals surface area (Å²) in [6.07, 6.45) is 0. The van der Waals surface area contributed by atoms with Crippen molar-refractivity contribution in [1.82, 2.24) is 25.2 Å². The van der Waals surface area contributed by atoms with Crippen molar-refractivity contribution in [1.29, 1.82) is 0 Å². The van der Waals surface area contributed by atoms with Crippen LogP contribution in [0.1, 0.15) is 17.4 Å². The maximum atomic E-state index is 13.5. The zero-order valence-electron chi connectivity index (χ0n) is 21.5. The highest BCUT2D eigenvalue weighted by atomic mass is 16.5. The van der Waals surface area contributed by atoms with E-state index in [0.29, 0.717) is 62.3 Å². The number of carbonyl (C=O) groups is 2. The third-order valence-electron chi connectivity index (χ3n) is 6.53. The molecule has 1 aliphatic heterocycles. The number of anilines is 2. The molecule has 5 rings (SSSR count). The average Bonchev–Trinajstić information content (AvgIpc) is 3.40. The maximum Gasteiger partial charge on any atom is 0.270 e. The van der Waals surface area contributed by atoms with Crippen LogP contribution in [0.3, 0.4) is 0 Å². The van der Waals surface area contributed by atoms with Crippen LogP contribution in [0, 0.1) is 0 Å². The summed E-state index contributed by atoms with van der Waals surface area (Å²) in [5.74, 6) is 1.81. The summed E-state index contributed by atoms with van der Waals surface area (Å²) in [5, 5.41) is 6.79. The van der Waals surface area contributed by atoms with Gasteiger partial charge in [0.25, 0.3) is 5.91 Å². The molecule has 2 aromatic heterocycles. The lowest BCUT2D eigenvalue weighted by atomic mass is 10.2. The van der Waals surface area contributed by atoms with Gasteiger partial charge in [0, 0.05) is 51.8 Å². The number of fused-ring (bicyclic) bond motifs is 1. The van der Waals surface area contributed by atoms with Gasteiger partial charge in [-0.2, -0.15) is 0 Å². The molecule has 0 bridgehead atoms. The minimum absolute atomic E-state index is 0.0758. The van der Waals surface area contributed by atoms with Crippen molar-refractivity contribution in [3.8, 4) is 17.1 Å². The summed E-state index contributed by atoms with van der Waals surface area (Å²) in [6, 6.07) is 19.4. The predicted octanol–water partition coefficient (Wildman–Crippen LogP) is 3.14. The highest BCUT2D eigenvalue weighted by molar-refractivity contribution is 6.00. The fourth-order valence-electron chi connectivity index (χ4n) is 4.61. The van der Waals surface area contributed by atoms with E-state index in [-0.39, 0.29) is 11.8 Å². The van der Waals surface area contributed by atoms with E-state index in [9.17, 15) is 9.59 Å². The molecule has 1 fully saturated rings. The normalized spacial score (nSPS) is 13.4. The van der Waals surface area contributed by atoms with Crippen molar-refractivity contribution < 1.29 is 14.3 Å². The summed E-state index contributed by atoms with van der Waals surface area (Å²) in [5.41, 5.74) is 2.95. The highest BCUT2D eigenvalue weighted by Gasteiger charge is 2.25. The van der Waals surface area contributed by atoms with Gasteiger partial charge >= 0.3 is 0 Å². The summed E-state index contributed by atoms with van der Waals surface area (Å²) in [7, 11) is 1.67. The topological polar surface area (TPSA) is 115 Å². The number of para-hydroxylation sites is 2. The van der Waals surface area contributed by atoms with Crippen LogP contribution in [0.15, 0.2) is 60.7 Å². The van der Waals surface area contributed by atoms with E-state index in [4.69, 9.17) is 14.7 Å². The van der Waals surface area contributed by atoms with Crippen LogP contribution >= 0.6 is 0 Å². The van der Waals surface area contributed by atoms with Gasteiger partial charge in [0.05, 0.1) is 18.2 Å². The number of H-pyrrole nitrogens is 1. The number of ether oxygens (including phenoxy) is 1. The number of benzene rings is 2. The van der Waals surface area contributed by atoms with Gasteiger partial charge in [-0.25, -0.2) is 9.97 Å². The summed E-state index contributed by atoms with van der Waals surface area (Å²) < 4.78 is 5.51. The Morgan fingerprint density at radius 2 is 1.71 bits per heavy atom. The fraction of sp³-hybridized carbons (Fsp3) is 0.286. The van der Waals surface area contributed by atoms with Crippen molar-refractivity contribution in [2.45, 2.75) is 6.92 Å². The molecule has 0 saturated carbocycles. The van der Waals surface area contributed by atoms with Crippen molar-refractivity contribution >= 4 is 34.4 Å². The van der Waals surface area contributed by atoms with Crippen molar-refractivity contribution in [2.24, 2.45) is 0 Å². The number of hydrogen-bond acceptors (Lipinski definition) is 7. The number of amides is 2. The molecule has 1 saturated heterocycles. The van der Waals surface area contributed by atoms with Gasteiger partial charge in [0.1, 0.15) is 22.9 Å². The molecule has 10 nitrogen and oxygen atoms in total. The Balaban J connectivity index is 1.36. The van der Waals surface area contributed by atoms with Crippen LogP contribution in [-0.4, -0.2) is 78.0 Å². The Bertz CT molecular complexity index is 1430. The number of nitrogens with one attached hydrogen (secondary N) is 3. The molecule has 38 heavy (non-hydrogen) atoms. The first-order valence-electron chi connectivity index (χ1n) is 12.6. The van der Waals surface area contributed by atoms with Gasteiger partial charge < -0.3 is 30.2 Å². The Morgan fingerprint density at radius 1 is 0.974 bits per heavy atom. The zero-order valence-corrected chi connectivity index (χ0v) is 21.5. The Hall–Kier alpha value is -4.60. The molecule has 3 N–H and O–H groups in total. The van der Waals surface area contributed by atoms with E-state index < -0.39 is 0 Å². The van der Waals surface area contributed by atoms with Crippen molar-refractivity contribution in [3.63, 3.8) is 0 Å². The minimum atomic E-state index is -0.0926. The van der Waals surface area contributed by atoms with E-state index in [0.717, 1.165) is 22.4 Å². The molecule has 0 unspecified atom stereocenters. The van der Waals surface area contributed by atoms with Crippen LogP contribution in [0.5, 0.6) is 5.75 Å². The first kappa shape index (κ1) is 25.1. The zero-order chi connectivity index (χ0) is 26.5. The van der Waals surface area contributed by atoms with Gasteiger partial charge in [-0.05, 0) is 18.2 Å². The first-order valence-corrected chi connectivity index (χ1v) is 12.6. The van der Waals surface area contributed by atoms with E-state index in [1.807, 2.05) is 59.5 Å². The molecule has 0 aliphatic carbocycles. The van der Waals surface area contributed by atoms with Crippen LogP contribution < -0.4 is 20.3 Å². The average molecular weight is 514 g/mol. The number of hydrogen-bond donors (Lipinski definition) is 3. The largest absolute Gasteiger partial charge is 0.495 e. The molecule has 0 radical (unpaired) electrons. The predicted molar refractivity (Wildman–Crippen MR) is 148 cm³/mol. The highest BCUT2D eigenvalue weighted by Crippen LogP contribution is 2.29. The Labute approximate surface area is 221 Å². The molecule has 2 aromatic carbocycles. The van der Waals surface area contributed by atoms with Gasteiger partial charge in [0.2, 0.25) is 5.91 Å². The van der Waals surface area contributed by atoms with E-state index in [1.54, 1.807) is 13.2 Å². The molecular formula is C28H31N7O3. The van der Waals surface area contributed by atoms with E-state index in [2.05, 4.69) is 20.5 Å². The van der Waals surface area contributed by atoms with Gasteiger partial charge in [0.15, 0.2) is 5.82 Å². The second kappa shape index (κ2) is 11.2. The number of rotatable bonds is 8. The maximum absolute atomic E-state index is 13.5. The van der Waals surface area contributed by atoms with Crippen molar-refractivity contribution in [2.75, 3.05) is 56.6 Å². The van der Waals surface area contributed by atoms with E-state index >= 15 is 0 Å². The summed E-state index contributed by atoms with van der Waals surface area (Å²) in [4.78, 5) is 41.5. The molecule has 4 aromatic rings. The molecule has 10 heteroatoms. The van der Waals surface area contributed by atoms with E-state index in [1.165, 1.54) is 6.92 Å². The SMILES string of the molecule is COc1ccccc1N1CCN(C(=O)c2cc3c(NCCNC(C)=O)nc(-c4ccccc4)nc3[nH]2)CC1. The summed E-state index contributed by atoms with van der Waals surface area (Å²) >= 11 is 0. The van der Waals surface area contributed by atoms with Gasteiger partial charge in [-0.15, -0.1) is 0 Å². The Kier molecular flexibility index (Phi) is 7.39.